The van der Waals surface area contributed by atoms with Gasteiger partial charge in [-0.25, -0.2) is 13.9 Å². The number of hydrogen-bond donors (Lipinski definition) is 0. The van der Waals surface area contributed by atoms with Gasteiger partial charge in [-0.2, -0.15) is 4.98 Å². The van der Waals surface area contributed by atoms with Gasteiger partial charge in [0.15, 0.2) is 0 Å². The standard InChI is InChI=1S/C21H24FN5OS/c1-12-17(14(3)27-20(23-12)24-21(25-27)29-4)11-19(28)26(15-9-10-15)13(2)16-7-5-6-8-18(16)22/h5-8,13,15H,9-11H2,1-4H3. The molecule has 1 aliphatic rings. The van der Waals surface area contributed by atoms with E-state index in [0.29, 0.717) is 16.5 Å². The Balaban J connectivity index is 1.66. The van der Waals surface area contributed by atoms with Crippen LogP contribution in [0.4, 0.5) is 4.39 Å². The average molecular weight is 414 g/mol. The van der Waals surface area contributed by atoms with E-state index in [9.17, 15) is 9.18 Å². The molecule has 1 aliphatic carbocycles. The topological polar surface area (TPSA) is 63.4 Å². The van der Waals surface area contributed by atoms with Crippen LogP contribution in [-0.4, -0.2) is 42.7 Å². The van der Waals surface area contributed by atoms with Crippen LogP contribution in [0.15, 0.2) is 29.4 Å². The highest BCUT2D eigenvalue weighted by molar-refractivity contribution is 7.98. The number of fused-ring (bicyclic) bond motifs is 1. The van der Waals surface area contributed by atoms with Crippen molar-refractivity contribution in [1.82, 2.24) is 24.5 Å². The van der Waals surface area contributed by atoms with E-state index < -0.39 is 0 Å². The first-order chi connectivity index (χ1) is 13.9. The summed E-state index contributed by atoms with van der Waals surface area (Å²) in [6.45, 7) is 5.73. The number of amides is 1. The zero-order valence-electron chi connectivity index (χ0n) is 17.0. The Morgan fingerprint density at radius 1 is 1.31 bits per heavy atom. The molecule has 152 valence electrons. The lowest BCUT2D eigenvalue weighted by molar-refractivity contribution is -0.133. The van der Waals surface area contributed by atoms with Gasteiger partial charge in [-0.3, -0.25) is 4.79 Å². The Hall–Kier alpha value is -2.48. The quantitative estimate of drug-likeness (QED) is 0.574. The van der Waals surface area contributed by atoms with Gasteiger partial charge in [0.2, 0.25) is 11.1 Å². The minimum absolute atomic E-state index is 0.0131. The highest BCUT2D eigenvalue weighted by atomic mass is 32.2. The van der Waals surface area contributed by atoms with Crippen LogP contribution in [0.25, 0.3) is 5.78 Å². The Morgan fingerprint density at radius 3 is 2.69 bits per heavy atom. The van der Waals surface area contributed by atoms with Crippen LogP contribution >= 0.6 is 11.8 Å². The van der Waals surface area contributed by atoms with Crippen LogP contribution < -0.4 is 0 Å². The van der Waals surface area contributed by atoms with Crippen LogP contribution in [-0.2, 0) is 11.2 Å². The van der Waals surface area contributed by atoms with Gasteiger partial charge in [0.25, 0.3) is 5.78 Å². The normalized spacial score (nSPS) is 14.9. The second-order valence-electron chi connectivity index (χ2n) is 7.48. The number of nitrogens with zero attached hydrogens (tertiary/aromatic N) is 5. The molecule has 3 aromatic rings. The first-order valence-corrected chi connectivity index (χ1v) is 11.0. The molecule has 0 bridgehead atoms. The molecule has 8 heteroatoms. The smallest absolute Gasteiger partial charge is 0.253 e. The Morgan fingerprint density at radius 2 is 2.03 bits per heavy atom. The molecule has 1 aromatic carbocycles. The third kappa shape index (κ3) is 3.73. The Kier molecular flexibility index (Phi) is 5.29. The summed E-state index contributed by atoms with van der Waals surface area (Å²) in [5, 5.41) is 5.11. The van der Waals surface area contributed by atoms with Crippen molar-refractivity contribution in [3.8, 4) is 0 Å². The van der Waals surface area contributed by atoms with Gasteiger partial charge in [0.05, 0.1) is 12.5 Å². The predicted molar refractivity (Wildman–Crippen MR) is 110 cm³/mol. The Labute approximate surface area is 173 Å². The van der Waals surface area contributed by atoms with Crippen molar-refractivity contribution in [2.75, 3.05) is 6.26 Å². The number of hydrogen-bond acceptors (Lipinski definition) is 5. The van der Waals surface area contributed by atoms with Crippen molar-refractivity contribution in [3.63, 3.8) is 0 Å². The van der Waals surface area contributed by atoms with E-state index in [1.807, 2.05) is 38.0 Å². The minimum atomic E-state index is -0.317. The SMILES string of the molecule is CSc1nc2nc(C)c(CC(=O)N(C3CC3)C(C)c3ccccc3F)c(C)n2n1. The zero-order valence-corrected chi connectivity index (χ0v) is 17.8. The summed E-state index contributed by atoms with van der Waals surface area (Å²) in [4.78, 5) is 24.1. The number of rotatable bonds is 6. The fourth-order valence-corrected chi connectivity index (χ4v) is 4.16. The molecule has 0 aliphatic heterocycles. The van der Waals surface area contributed by atoms with E-state index in [4.69, 9.17) is 0 Å². The number of aromatic nitrogens is 4. The number of aryl methyl sites for hydroxylation is 2. The van der Waals surface area contributed by atoms with Gasteiger partial charge in [0.1, 0.15) is 5.82 Å². The number of carbonyl (C=O) groups is 1. The van der Waals surface area contributed by atoms with Crippen LogP contribution in [0.3, 0.4) is 0 Å². The molecule has 0 N–H and O–H groups in total. The third-order valence-electron chi connectivity index (χ3n) is 5.54. The van der Waals surface area contributed by atoms with E-state index in [1.54, 1.807) is 16.6 Å². The van der Waals surface area contributed by atoms with Gasteiger partial charge < -0.3 is 4.90 Å². The van der Waals surface area contributed by atoms with E-state index in [-0.39, 0.29) is 30.2 Å². The maximum Gasteiger partial charge on any atom is 0.253 e. The van der Waals surface area contributed by atoms with E-state index >= 15 is 0 Å². The molecule has 6 nitrogen and oxygen atoms in total. The highest BCUT2D eigenvalue weighted by Crippen LogP contribution is 2.36. The molecule has 1 unspecified atom stereocenters. The minimum Gasteiger partial charge on any atom is -0.333 e. The molecule has 2 heterocycles. The number of carbonyl (C=O) groups excluding carboxylic acids is 1. The average Bonchev–Trinajstić information content (AvgIpc) is 3.43. The fourth-order valence-electron chi connectivity index (χ4n) is 3.83. The molecule has 0 saturated heterocycles. The molecule has 2 aromatic heterocycles. The summed E-state index contributed by atoms with van der Waals surface area (Å²) in [5.74, 6) is 0.251. The van der Waals surface area contributed by atoms with Crippen LogP contribution in [0, 0.1) is 19.7 Å². The van der Waals surface area contributed by atoms with Gasteiger partial charge in [-0.15, -0.1) is 5.10 Å². The van der Waals surface area contributed by atoms with Crippen LogP contribution in [0.1, 0.15) is 48.3 Å². The second kappa shape index (κ2) is 7.74. The second-order valence-corrected chi connectivity index (χ2v) is 8.25. The van der Waals surface area contributed by atoms with Gasteiger partial charge in [-0.05, 0) is 45.9 Å². The first kappa shape index (κ1) is 19.8. The summed E-state index contributed by atoms with van der Waals surface area (Å²) >= 11 is 1.46. The molecule has 1 atom stereocenters. The maximum absolute atomic E-state index is 14.3. The van der Waals surface area contributed by atoms with Crippen molar-refractivity contribution in [2.24, 2.45) is 0 Å². The van der Waals surface area contributed by atoms with Crippen molar-refractivity contribution >= 4 is 23.4 Å². The molecule has 1 amide bonds. The van der Waals surface area contributed by atoms with Crippen molar-refractivity contribution in [2.45, 2.75) is 57.3 Å². The lowest BCUT2D eigenvalue weighted by atomic mass is 10.0. The molecular formula is C21H24FN5OS. The van der Waals surface area contributed by atoms with Crippen molar-refractivity contribution in [1.29, 1.82) is 0 Å². The van der Waals surface area contributed by atoms with Gasteiger partial charge in [-0.1, -0.05) is 30.0 Å². The van der Waals surface area contributed by atoms with Crippen molar-refractivity contribution < 1.29 is 9.18 Å². The van der Waals surface area contributed by atoms with E-state index in [1.165, 1.54) is 17.8 Å². The maximum atomic E-state index is 14.3. The highest BCUT2D eigenvalue weighted by Gasteiger charge is 2.37. The molecule has 1 saturated carbocycles. The summed E-state index contributed by atoms with van der Waals surface area (Å²) in [7, 11) is 0. The molecule has 29 heavy (non-hydrogen) atoms. The predicted octanol–water partition coefficient (Wildman–Crippen LogP) is 3.90. The molecule has 0 radical (unpaired) electrons. The number of benzene rings is 1. The number of halogens is 1. The third-order valence-corrected chi connectivity index (χ3v) is 6.08. The van der Waals surface area contributed by atoms with E-state index in [0.717, 1.165) is 29.8 Å². The molecule has 0 spiro atoms. The van der Waals surface area contributed by atoms with Gasteiger partial charge >= 0.3 is 0 Å². The summed E-state index contributed by atoms with van der Waals surface area (Å²) in [5.41, 5.74) is 3.04. The first-order valence-electron chi connectivity index (χ1n) is 9.73. The fraction of sp³-hybridized carbons (Fsp3) is 0.429. The summed E-state index contributed by atoms with van der Waals surface area (Å²) in [6.07, 6.45) is 4.04. The largest absolute Gasteiger partial charge is 0.333 e. The van der Waals surface area contributed by atoms with Crippen LogP contribution in [0.5, 0.6) is 0 Å². The van der Waals surface area contributed by atoms with E-state index in [2.05, 4.69) is 15.1 Å². The Bertz CT molecular complexity index is 1080. The van der Waals surface area contributed by atoms with Crippen LogP contribution in [0.2, 0.25) is 0 Å². The lowest BCUT2D eigenvalue weighted by Crippen LogP contribution is -2.37. The summed E-state index contributed by atoms with van der Waals surface area (Å²) in [6, 6.07) is 6.54. The lowest BCUT2D eigenvalue weighted by Gasteiger charge is -2.30. The van der Waals surface area contributed by atoms with Gasteiger partial charge in [0, 0.05) is 28.6 Å². The zero-order chi connectivity index (χ0) is 20.7. The molecule has 1 fully saturated rings. The molecular weight excluding hydrogens is 389 g/mol. The monoisotopic (exact) mass is 413 g/mol. The molecule has 4 rings (SSSR count). The number of thioether (sulfide) groups is 1. The summed E-state index contributed by atoms with van der Waals surface area (Å²) < 4.78 is 16.0. The van der Waals surface area contributed by atoms with Crippen molar-refractivity contribution in [3.05, 3.63) is 52.6 Å².